The SMILES string of the molecule is COC(=O)C(N)CSCC(=O)Nc1nnc(C(C)C)o1. The molecule has 0 aromatic carbocycles. The standard InChI is InChI=1S/C11H18N4O4S/c1-6(2)9-14-15-11(19-9)13-8(16)5-20-4-7(12)10(17)18-3/h6-7H,4-5,12H2,1-3H3,(H,13,15,16). The molecule has 1 atom stereocenters. The highest BCUT2D eigenvalue weighted by molar-refractivity contribution is 8.00. The van der Waals surface area contributed by atoms with Crippen molar-refractivity contribution in [2.24, 2.45) is 5.73 Å². The molecule has 0 saturated heterocycles. The summed E-state index contributed by atoms with van der Waals surface area (Å²) in [5.74, 6) is 0.175. The van der Waals surface area contributed by atoms with E-state index in [4.69, 9.17) is 10.2 Å². The third-order valence-corrected chi connectivity index (χ3v) is 3.28. The van der Waals surface area contributed by atoms with Crippen molar-refractivity contribution in [2.75, 3.05) is 23.9 Å². The molecule has 20 heavy (non-hydrogen) atoms. The summed E-state index contributed by atoms with van der Waals surface area (Å²) in [5.41, 5.74) is 5.54. The minimum atomic E-state index is -0.742. The van der Waals surface area contributed by atoms with E-state index in [0.29, 0.717) is 11.6 Å². The number of carbonyl (C=O) groups excluding carboxylic acids is 2. The zero-order valence-electron chi connectivity index (χ0n) is 11.6. The number of anilines is 1. The number of hydrogen-bond donors (Lipinski definition) is 2. The van der Waals surface area contributed by atoms with Gasteiger partial charge in [0.2, 0.25) is 11.8 Å². The normalized spacial score (nSPS) is 12.2. The fraction of sp³-hybridized carbons (Fsp3) is 0.636. The van der Waals surface area contributed by atoms with E-state index in [-0.39, 0.29) is 23.6 Å². The molecule has 1 amide bonds. The number of nitrogens with one attached hydrogen (secondary N) is 1. The Morgan fingerprint density at radius 2 is 2.15 bits per heavy atom. The van der Waals surface area contributed by atoms with Crippen LogP contribution in [0.15, 0.2) is 4.42 Å². The Hall–Kier alpha value is -1.61. The van der Waals surface area contributed by atoms with Gasteiger partial charge >= 0.3 is 12.0 Å². The molecule has 0 fully saturated rings. The van der Waals surface area contributed by atoms with Crippen LogP contribution >= 0.6 is 11.8 Å². The van der Waals surface area contributed by atoms with Crippen LogP contribution in [0.3, 0.4) is 0 Å². The van der Waals surface area contributed by atoms with Crippen molar-refractivity contribution in [2.45, 2.75) is 25.8 Å². The van der Waals surface area contributed by atoms with Gasteiger partial charge in [0.1, 0.15) is 6.04 Å². The Labute approximate surface area is 120 Å². The van der Waals surface area contributed by atoms with Gasteiger partial charge in [-0.2, -0.15) is 0 Å². The second-order valence-electron chi connectivity index (χ2n) is 4.29. The van der Waals surface area contributed by atoms with Crippen LogP contribution < -0.4 is 11.1 Å². The summed E-state index contributed by atoms with van der Waals surface area (Å²) in [7, 11) is 1.27. The lowest BCUT2D eigenvalue weighted by atomic mass is 10.2. The highest BCUT2D eigenvalue weighted by Gasteiger charge is 2.15. The van der Waals surface area contributed by atoms with Crippen LogP contribution in [0, 0.1) is 0 Å². The Balaban J connectivity index is 2.31. The molecule has 0 saturated carbocycles. The summed E-state index contributed by atoms with van der Waals surface area (Å²) in [6, 6.07) is -0.676. The number of hydrogen-bond acceptors (Lipinski definition) is 8. The Bertz CT molecular complexity index is 463. The number of amides is 1. The third-order valence-electron chi connectivity index (χ3n) is 2.22. The molecule has 1 aromatic heterocycles. The molecule has 0 bridgehead atoms. The molecule has 1 heterocycles. The largest absolute Gasteiger partial charge is 0.468 e. The quantitative estimate of drug-likeness (QED) is 0.693. The topological polar surface area (TPSA) is 120 Å². The molecule has 0 spiro atoms. The maximum atomic E-state index is 11.6. The zero-order chi connectivity index (χ0) is 15.1. The molecule has 0 aliphatic carbocycles. The van der Waals surface area contributed by atoms with Gasteiger partial charge < -0.3 is 14.9 Å². The summed E-state index contributed by atoms with van der Waals surface area (Å²) < 4.78 is 9.72. The van der Waals surface area contributed by atoms with Gasteiger partial charge in [-0.05, 0) is 0 Å². The average molecular weight is 302 g/mol. The summed E-state index contributed by atoms with van der Waals surface area (Å²) in [4.78, 5) is 22.6. The average Bonchev–Trinajstić information content (AvgIpc) is 2.86. The van der Waals surface area contributed by atoms with E-state index < -0.39 is 12.0 Å². The molecule has 0 aliphatic rings. The molecule has 1 unspecified atom stereocenters. The molecule has 1 aromatic rings. The third kappa shape index (κ3) is 5.17. The zero-order valence-corrected chi connectivity index (χ0v) is 12.4. The fourth-order valence-corrected chi connectivity index (χ4v) is 1.94. The van der Waals surface area contributed by atoms with Crippen LogP contribution in [-0.4, -0.2) is 46.7 Å². The lowest BCUT2D eigenvalue weighted by Crippen LogP contribution is -2.34. The Morgan fingerprint density at radius 1 is 1.45 bits per heavy atom. The van der Waals surface area contributed by atoms with Crippen molar-refractivity contribution in [1.82, 2.24) is 10.2 Å². The molecular formula is C11H18N4O4S. The van der Waals surface area contributed by atoms with Crippen molar-refractivity contribution in [1.29, 1.82) is 0 Å². The van der Waals surface area contributed by atoms with Gasteiger partial charge in [0.05, 0.1) is 12.9 Å². The second kappa shape index (κ2) is 7.85. The molecule has 3 N–H and O–H groups in total. The first-order chi connectivity index (χ1) is 9.43. The van der Waals surface area contributed by atoms with E-state index >= 15 is 0 Å². The number of ether oxygens (including phenoxy) is 1. The van der Waals surface area contributed by atoms with Gasteiger partial charge in [-0.15, -0.1) is 16.9 Å². The molecular weight excluding hydrogens is 284 g/mol. The van der Waals surface area contributed by atoms with Gasteiger partial charge in [-0.25, -0.2) is 0 Å². The van der Waals surface area contributed by atoms with Gasteiger partial charge in [-0.3, -0.25) is 14.9 Å². The maximum absolute atomic E-state index is 11.6. The predicted octanol–water partition coefficient (Wildman–Crippen LogP) is 0.365. The van der Waals surface area contributed by atoms with Crippen LogP contribution in [0.2, 0.25) is 0 Å². The van der Waals surface area contributed by atoms with Crippen molar-refractivity contribution in [3.05, 3.63) is 5.89 Å². The van der Waals surface area contributed by atoms with E-state index in [1.54, 1.807) is 0 Å². The highest BCUT2D eigenvalue weighted by atomic mass is 32.2. The number of nitrogens with two attached hydrogens (primary N) is 1. The van der Waals surface area contributed by atoms with Crippen LogP contribution in [0.4, 0.5) is 6.01 Å². The van der Waals surface area contributed by atoms with E-state index in [0.717, 1.165) is 0 Å². The van der Waals surface area contributed by atoms with Gasteiger partial charge in [0.25, 0.3) is 0 Å². The number of esters is 1. The number of aromatic nitrogens is 2. The maximum Gasteiger partial charge on any atom is 0.323 e. The van der Waals surface area contributed by atoms with E-state index in [2.05, 4.69) is 20.3 Å². The predicted molar refractivity (Wildman–Crippen MR) is 74.3 cm³/mol. The fourth-order valence-electron chi connectivity index (χ4n) is 1.17. The summed E-state index contributed by atoms with van der Waals surface area (Å²) in [6.07, 6.45) is 0. The summed E-state index contributed by atoms with van der Waals surface area (Å²) in [5, 5.41) is 9.97. The number of rotatable bonds is 7. The van der Waals surface area contributed by atoms with Crippen LogP contribution in [0.1, 0.15) is 25.7 Å². The molecule has 0 aliphatic heterocycles. The van der Waals surface area contributed by atoms with Crippen LogP contribution in [0.5, 0.6) is 0 Å². The van der Waals surface area contributed by atoms with Crippen LogP contribution in [-0.2, 0) is 14.3 Å². The minimum absolute atomic E-state index is 0.0663. The monoisotopic (exact) mass is 302 g/mol. The number of thioether (sulfide) groups is 1. The lowest BCUT2D eigenvalue weighted by Gasteiger charge is -2.07. The van der Waals surface area contributed by atoms with Gasteiger partial charge in [-0.1, -0.05) is 18.9 Å². The van der Waals surface area contributed by atoms with Gasteiger partial charge in [0, 0.05) is 11.7 Å². The second-order valence-corrected chi connectivity index (χ2v) is 5.32. The van der Waals surface area contributed by atoms with Crippen molar-refractivity contribution in [3.63, 3.8) is 0 Å². The number of nitrogens with zero attached hydrogens (tertiary/aromatic N) is 2. The van der Waals surface area contributed by atoms with Crippen molar-refractivity contribution >= 4 is 29.7 Å². The molecule has 0 radical (unpaired) electrons. The van der Waals surface area contributed by atoms with Crippen molar-refractivity contribution < 1.29 is 18.7 Å². The minimum Gasteiger partial charge on any atom is -0.468 e. The molecule has 8 nitrogen and oxygen atoms in total. The Morgan fingerprint density at radius 3 is 2.70 bits per heavy atom. The summed E-state index contributed by atoms with van der Waals surface area (Å²) >= 11 is 1.22. The number of methoxy groups -OCH3 is 1. The first-order valence-corrected chi connectivity index (χ1v) is 7.14. The van der Waals surface area contributed by atoms with E-state index in [9.17, 15) is 9.59 Å². The first-order valence-electron chi connectivity index (χ1n) is 5.98. The molecule has 112 valence electrons. The van der Waals surface area contributed by atoms with Crippen molar-refractivity contribution in [3.8, 4) is 0 Å². The van der Waals surface area contributed by atoms with Crippen LogP contribution in [0.25, 0.3) is 0 Å². The molecule has 1 rings (SSSR count). The smallest absolute Gasteiger partial charge is 0.323 e. The van der Waals surface area contributed by atoms with Gasteiger partial charge in [0.15, 0.2) is 0 Å². The lowest BCUT2D eigenvalue weighted by molar-refractivity contribution is -0.141. The van der Waals surface area contributed by atoms with E-state index in [1.807, 2.05) is 13.8 Å². The Kier molecular flexibility index (Phi) is 6.46. The first kappa shape index (κ1) is 16.4. The number of carbonyl (C=O) groups is 2. The summed E-state index contributed by atoms with van der Waals surface area (Å²) in [6.45, 7) is 3.81. The molecule has 9 heteroatoms. The highest BCUT2D eigenvalue weighted by Crippen LogP contribution is 2.15. The van der Waals surface area contributed by atoms with E-state index in [1.165, 1.54) is 18.9 Å².